The SMILES string of the molecule is COC(=O)[C@H]1CCCCN1C(=O)C[C@@]1(c2cccc(OC)c2)CC(=O)N(C2CCCC2)C1=O. The van der Waals surface area contributed by atoms with Crippen LogP contribution in [0.3, 0.4) is 0 Å². The first-order chi connectivity index (χ1) is 15.9. The molecule has 3 amide bonds. The van der Waals surface area contributed by atoms with E-state index < -0.39 is 17.4 Å². The van der Waals surface area contributed by atoms with Crippen LogP contribution in [0.5, 0.6) is 5.75 Å². The first kappa shape index (κ1) is 23.3. The fourth-order valence-electron chi connectivity index (χ4n) is 5.65. The van der Waals surface area contributed by atoms with Crippen LogP contribution in [-0.4, -0.2) is 66.3 Å². The van der Waals surface area contributed by atoms with Gasteiger partial charge in [0.2, 0.25) is 17.7 Å². The number of rotatable bonds is 6. The van der Waals surface area contributed by atoms with Gasteiger partial charge in [-0.15, -0.1) is 0 Å². The Balaban J connectivity index is 1.70. The van der Waals surface area contributed by atoms with Crippen molar-refractivity contribution in [1.29, 1.82) is 0 Å². The summed E-state index contributed by atoms with van der Waals surface area (Å²) >= 11 is 0. The summed E-state index contributed by atoms with van der Waals surface area (Å²) in [6.07, 6.45) is 5.50. The van der Waals surface area contributed by atoms with Gasteiger partial charge in [-0.1, -0.05) is 25.0 Å². The highest BCUT2D eigenvalue weighted by Crippen LogP contribution is 2.44. The lowest BCUT2D eigenvalue weighted by Gasteiger charge is -2.36. The Morgan fingerprint density at radius 3 is 2.48 bits per heavy atom. The summed E-state index contributed by atoms with van der Waals surface area (Å²) in [6, 6.07) is 6.31. The van der Waals surface area contributed by atoms with Gasteiger partial charge in [-0.05, 0) is 49.8 Å². The number of nitrogens with zero attached hydrogens (tertiary/aromatic N) is 2. The molecule has 0 unspecified atom stereocenters. The molecule has 8 heteroatoms. The Morgan fingerprint density at radius 2 is 1.79 bits per heavy atom. The normalized spacial score (nSPS) is 26.1. The molecule has 0 spiro atoms. The van der Waals surface area contributed by atoms with E-state index in [4.69, 9.17) is 9.47 Å². The molecule has 8 nitrogen and oxygen atoms in total. The lowest BCUT2D eigenvalue weighted by atomic mass is 9.75. The van der Waals surface area contributed by atoms with Crippen molar-refractivity contribution in [3.63, 3.8) is 0 Å². The zero-order valence-corrected chi connectivity index (χ0v) is 19.4. The average Bonchev–Trinajstić information content (AvgIpc) is 3.45. The van der Waals surface area contributed by atoms with E-state index in [-0.39, 0.29) is 36.6 Å². The average molecular weight is 457 g/mol. The van der Waals surface area contributed by atoms with Crippen molar-refractivity contribution in [2.75, 3.05) is 20.8 Å². The summed E-state index contributed by atoms with van der Waals surface area (Å²) in [5, 5.41) is 0. The van der Waals surface area contributed by atoms with Crippen molar-refractivity contribution < 1.29 is 28.7 Å². The number of hydrogen-bond donors (Lipinski definition) is 0. The first-order valence-corrected chi connectivity index (χ1v) is 11.8. The standard InChI is InChI=1S/C25H32N2O6/c1-32-19-11-7-8-17(14-19)25(16-22(29)27(24(25)31)18-9-3-4-10-18)15-21(28)26-13-6-5-12-20(26)23(30)33-2/h7-8,11,14,18,20H,3-6,9-10,12-13,15-16H2,1-2H3/t20-,25+/m1/s1. The first-order valence-electron chi connectivity index (χ1n) is 11.8. The second kappa shape index (κ2) is 9.53. The fourth-order valence-corrected chi connectivity index (χ4v) is 5.65. The molecule has 2 saturated heterocycles. The van der Waals surface area contributed by atoms with Crippen LogP contribution in [0.2, 0.25) is 0 Å². The van der Waals surface area contributed by atoms with Crippen LogP contribution >= 0.6 is 0 Å². The van der Waals surface area contributed by atoms with Gasteiger partial charge in [-0.25, -0.2) is 4.79 Å². The van der Waals surface area contributed by atoms with E-state index in [1.54, 1.807) is 24.3 Å². The molecular weight excluding hydrogens is 424 g/mol. The number of likely N-dealkylation sites (tertiary alicyclic amines) is 2. The summed E-state index contributed by atoms with van der Waals surface area (Å²) in [6.45, 7) is 0.432. The number of piperidine rings is 1. The van der Waals surface area contributed by atoms with Crippen LogP contribution in [-0.2, 0) is 29.3 Å². The Bertz CT molecular complexity index is 941. The predicted molar refractivity (Wildman–Crippen MR) is 119 cm³/mol. The number of carbonyl (C=O) groups excluding carboxylic acids is 4. The highest BCUT2D eigenvalue weighted by atomic mass is 16.5. The molecule has 3 aliphatic rings. The molecule has 1 aromatic rings. The van der Waals surface area contributed by atoms with Crippen LogP contribution in [0, 0.1) is 0 Å². The van der Waals surface area contributed by atoms with E-state index in [9.17, 15) is 19.2 Å². The summed E-state index contributed by atoms with van der Waals surface area (Å²) < 4.78 is 10.3. The third-order valence-corrected chi connectivity index (χ3v) is 7.41. The molecule has 2 heterocycles. The number of benzene rings is 1. The third-order valence-electron chi connectivity index (χ3n) is 7.41. The van der Waals surface area contributed by atoms with Crippen LogP contribution < -0.4 is 4.74 Å². The van der Waals surface area contributed by atoms with E-state index in [0.717, 1.165) is 38.5 Å². The van der Waals surface area contributed by atoms with Crippen molar-refractivity contribution in [2.24, 2.45) is 0 Å². The molecule has 4 rings (SSSR count). The molecule has 0 N–H and O–H groups in total. The highest BCUT2D eigenvalue weighted by molar-refractivity contribution is 6.11. The van der Waals surface area contributed by atoms with Crippen LogP contribution in [0.15, 0.2) is 24.3 Å². The van der Waals surface area contributed by atoms with Crippen molar-refractivity contribution in [1.82, 2.24) is 9.80 Å². The Labute approximate surface area is 194 Å². The minimum absolute atomic E-state index is 0.0576. The van der Waals surface area contributed by atoms with Gasteiger partial charge in [-0.2, -0.15) is 0 Å². The summed E-state index contributed by atoms with van der Waals surface area (Å²) in [7, 11) is 2.86. The van der Waals surface area contributed by atoms with Crippen LogP contribution in [0.1, 0.15) is 63.4 Å². The van der Waals surface area contributed by atoms with Crippen LogP contribution in [0.4, 0.5) is 0 Å². The van der Waals surface area contributed by atoms with E-state index >= 15 is 0 Å². The smallest absolute Gasteiger partial charge is 0.328 e. The van der Waals surface area contributed by atoms with Crippen molar-refractivity contribution >= 4 is 23.7 Å². The number of imide groups is 1. The number of carbonyl (C=O) groups is 4. The molecule has 1 aliphatic carbocycles. The van der Waals surface area contributed by atoms with E-state index in [1.165, 1.54) is 24.0 Å². The number of hydrogen-bond acceptors (Lipinski definition) is 6. The molecule has 178 valence electrons. The summed E-state index contributed by atoms with van der Waals surface area (Å²) in [5.74, 6) is -0.732. The molecule has 1 saturated carbocycles. The number of amides is 3. The third kappa shape index (κ3) is 4.23. The Kier molecular flexibility index (Phi) is 6.72. The Morgan fingerprint density at radius 1 is 1.06 bits per heavy atom. The molecule has 1 aromatic carbocycles. The lowest BCUT2D eigenvalue weighted by molar-refractivity contribution is -0.155. The van der Waals surface area contributed by atoms with Crippen molar-refractivity contribution in [2.45, 2.75) is 75.3 Å². The van der Waals surface area contributed by atoms with Crippen molar-refractivity contribution in [3.05, 3.63) is 29.8 Å². The zero-order chi connectivity index (χ0) is 23.6. The molecule has 2 aliphatic heterocycles. The maximum Gasteiger partial charge on any atom is 0.328 e. The highest BCUT2D eigenvalue weighted by Gasteiger charge is 2.56. The van der Waals surface area contributed by atoms with Gasteiger partial charge in [-0.3, -0.25) is 19.3 Å². The predicted octanol–water partition coefficient (Wildman–Crippen LogP) is 2.58. The minimum atomic E-state index is -1.30. The molecule has 33 heavy (non-hydrogen) atoms. The Hall–Kier alpha value is -2.90. The molecule has 0 radical (unpaired) electrons. The van der Waals surface area contributed by atoms with Crippen LogP contribution in [0.25, 0.3) is 0 Å². The minimum Gasteiger partial charge on any atom is -0.497 e. The molecular formula is C25H32N2O6. The maximum atomic E-state index is 13.9. The van der Waals surface area contributed by atoms with E-state index in [0.29, 0.717) is 24.3 Å². The van der Waals surface area contributed by atoms with E-state index in [1.807, 2.05) is 0 Å². The fraction of sp³-hybridized carbons (Fsp3) is 0.600. The second-order valence-corrected chi connectivity index (χ2v) is 9.30. The monoisotopic (exact) mass is 456 g/mol. The quantitative estimate of drug-likeness (QED) is 0.483. The van der Waals surface area contributed by atoms with Gasteiger partial charge >= 0.3 is 5.97 Å². The van der Waals surface area contributed by atoms with Gasteiger partial charge in [0, 0.05) is 25.4 Å². The largest absolute Gasteiger partial charge is 0.497 e. The zero-order valence-electron chi connectivity index (χ0n) is 19.4. The summed E-state index contributed by atoms with van der Waals surface area (Å²) in [4.78, 5) is 56.0. The van der Waals surface area contributed by atoms with Gasteiger partial charge in [0.1, 0.15) is 11.8 Å². The van der Waals surface area contributed by atoms with Gasteiger partial charge < -0.3 is 14.4 Å². The molecule has 0 aromatic heterocycles. The van der Waals surface area contributed by atoms with Crippen molar-refractivity contribution in [3.8, 4) is 5.75 Å². The number of esters is 1. The van der Waals surface area contributed by atoms with Gasteiger partial charge in [0.05, 0.1) is 19.6 Å². The lowest BCUT2D eigenvalue weighted by Crippen LogP contribution is -2.51. The van der Waals surface area contributed by atoms with Gasteiger partial charge in [0.15, 0.2) is 0 Å². The molecule has 3 fully saturated rings. The summed E-state index contributed by atoms with van der Waals surface area (Å²) in [5.41, 5.74) is -0.704. The molecule has 2 atom stereocenters. The maximum absolute atomic E-state index is 13.9. The number of methoxy groups -OCH3 is 2. The van der Waals surface area contributed by atoms with E-state index in [2.05, 4.69) is 0 Å². The number of ether oxygens (including phenoxy) is 2. The topological polar surface area (TPSA) is 93.2 Å². The van der Waals surface area contributed by atoms with Gasteiger partial charge in [0.25, 0.3) is 0 Å². The molecule has 0 bridgehead atoms. The second-order valence-electron chi connectivity index (χ2n) is 9.30.